The largest absolute Gasteiger partial charge is 0.399 e. The second-order valence-electron chi connectivity index (χ2n) is 4.31. The van der Waals surface area contributed by atoms with Crippen molar-refractivity contribution in [1.82, 2.24) is 4.72 Å². The van der Waals surface area contributed by atoms with Gasteiger partial charge in [-0.25, -0.2) is 13.1 Å². The predicted octanol–water partition coefficient (Wildman–Crippen LogP) is 0.458. The van der Waals surface area contributed by atoms with Gasteiger partial charge in [-0.1, -0.05) is 0 Å². The Labute approximate surface area is 109 Å². The van der Waals surface area contributed by atoms with Gasteiger partial charge in [0.2, 0.25) is 10.0 Å². The Balaban J connectivity index is 2.07. The first kappa shape index (κ1) is 13.5. The number of sulfonamides is 1. The molecule has 7 heteroatoms. The third-order valence-corrected chi connectivity index (χ3v) is 5.82. The first-order valence-electron chi connectivity index (χ1n) is 5.70. The molecule has 3 N–H and O–H groups in total. The SMILES string of the molecule is Nc1ccc(S(=O)(=O)NC2CCS(=O)CC2)cc1. The maximum atomic E-state index is 12.1. The van der Waals surface area contributed by atoms with Gasteiger partial charge in [-0.2, -0.15) is 0 Å². The number of rotatable bonds is 3. The predicted molar refractivity (Wildman–Crippen MR) is 72.1 cm³/mol. The summed E-state index contributed by atoms with van der Waals surface area (Å²) in [5.41, 5.74) is 6.05. The van der Waals surface area contributed by atoms with Crippen molar-refractivity contribution in [3.8, 4) is 0 Å². The number of hydrogen-bond acceptors (Lipinski definition) is 4. The van der Waals surface area contributed by atoms with Gasteiger partial charge in [0.05, 0.1) is 4.90 Å². The Morgan fingerprint density at radius 3 is 2.28 bits per heavy atom. The van der Waals surface area contributed by atoms with E-state index in [1.807, 2.05) is 0 Å². The van der Waals surface area contributed by atoms with Crippen LogP contribution in [0.5, 0.6) is 0 Å². The molecule has 0 spiro atoms. The van der Waals surface area contributed by atoms with E-state index in [2.05, 4.69) is 4.72 Å². The summed E-state index contributed by atoms with van der Waals surface area (Å²) in [6, 6.07) is 5.97. The molecule has 0 saturated carbocycles. The minimum atomic E-state index is -3.50. The molecule has 5 nitrogen and oxygen atoms in total. The lowest BCUT2D eigenvalue weighted by atomic mass is 10.2. The second-order valence-corrected chi connectivity index (χ2v) is 7.72. The van der Waals surface area contributed by atoms with E-state index in [1.165, 1.54) is 12.1 Å². The Morgan fingerprint density at radius 2 is 1.72 bits per heavy atom. The lowest BCUT2D eigenvalue weighted by Crippen LogP contribution is -2.39. The third kappa shape index (κ3) is 3.30. The van der Waals surface area contributed by atoms with Crippen molar-refractivity contribution in [2.75, 3.05) is 17.2 Å². The van der Waals surface area contributed by atoms with E-state index in [1.54, 1.807) is 12.1 Å². The number of anilines is 1. The van der Waals surface area contributed by atoms with E-state index in [0.717, 1.165) is 0 Å². The zero-order valence-corrected chi connectivity index (χ0v) is 11.5. The Morgan fingerprint density at radius 1 is 1.17 bits per heavy atom. The molecule has 1 heterocycles. The van der Waals surface area contributed by atoms with Gasteiger partial charge in [0.1, 0.15) is 0 Å². The number of nitrogens with two attached hydrogens (primary N) is 1. The molecule has 0 radical (unpaired) electrons. The van der Waals surface area contributed by atoms with Gasteiger partial charge >= 0.3 is 0 Å². The van der Waals surface area contributed by atoms with Crippen LogP contribution in [-0.4, -0.2) is 30.2 Å². The summed E-state index contributed by atoms with van der Waals surface area (Å²) >= 11 is 0. The minimum absolute atomic E-state index is 0.120. The highest BCUT2D eigenvalue weighted by molar-refractivity contribution is 7.89. The van der Waals surface area contributed by atoms with E-state index >= 15 is 0 Å². The Kier molecular flexibility index (Phi) is 4.04. The van der Waals surface area contributed by atoms with Gasteiger partial charge in [-0.3, -0.25) is 4.21 Å². The van der Waals surface area contributed by atoms with E-state index in [9.17, 15) is 12.6 Å². The van der Waals surface area contributed by atoms with Gasteiger partial charge in [0, 0.05) is 34.0 Å². The molecule has 1 aliphatic rings. The third-order valence-electron chi connectivity index (χ3n) is 2.90. The molecule has 18 heavy (non-hydrogen) atoms. The van der Waals surface area contributed by atoms with Crippen LogP contribution in [-0.2, 0) is 20.8 Å². The van der Waals surface area contributed by atoms with Crippen LogP contribution in [0.4, 0.5) is 5.69 Å². The summed E-state index contributed by atoms with van der Waals surface area (Å²) in [5.74, 6) is 1.13. The molecular formula is C11H16N2O3S2. The number of benzene rings is 1. The highest BCUT2D eigenvalue weighted by atomic mass is 32.2. The smallest absolute Gasteiger partial charge is 0.240 e. The van der Waals surface area contributed by atoms with Crippen molar-refractivity contribution in [2.24, 2.45) is 0 Å². The number of nitrogen functional groups attached to an aromatic ring is 1. The zero-order chi connectivity index (χ0) is 13.2. The quantitative estimate of drug-likeness (QED) is 0.791. The highest BCUT2D eigenvalue weighted by Crippen LogP contribution is 2.15. The molecular weight excluding hydrogens is 272 g/mol. The lowest BCUT2D eigenvalue weighted by molar-refractivity contribution is 0.522. The van der Waals surface area contributed by atoms with Crippen molar-refractivity contribution in [3.63, 3.8) is 0 Å². The summed E-state index contributed by atoms with van der Waals surface area (Å²) in [7, 11) is -4.29. The van der Waals surface area contributed by atoms with E-state index in [0.29, 0.717) is 30.0 Å². The molecule has 1 aromatic rings. The number of nitrogens with one attached hydrogen (secondary N) is 1. The van der Waals surface area contributed by atoms with Crippen LogP contribution < -0.4 is 10.5 Å². The van der Waals surface area contributed by atoms with Crippen LogP contribution in [0.2, 0.25) is 0 Å². The maximum absolute atomic E-state index is 12.1. The van der Waals surface area contributed by atoms with Gasteiger partial charge < -0.3 is 5.73 Å². The number of hydrogen-bond donors (Lipinski definition) is 2. The average molecular weight is 288 g/mol. The molecule has 0 aliphatic carbocycles. The van der Waals surface area contributed by atoms with Crippen molar-refractivity contribution < 1.29 is 12.6 Å². The second kappa shape index (κ2) is 5.38. The molecule has 0 aromatic heterocycles. The Bertz CT molecular complexity index is 530. The van der Waals surface area contributed by atoms with E-state index in [-0.39, 0.29) is 10.9 Å². The van der Waals surface area contributed by atoms with Crippen LogP contribution in [0.1, 0.15) is 12.8 Å². The topological polar surface area (TPSA) is 89.3 Å². The van der Waals surface area contributed by atoms with Crippen molar-refractivity contribution in [2.45, 2.75) is 23.8 Å². The molecule has 1 fully saturated rings. The molecule has 1 aromatic carbocycles. The van der Waals surface area contributed by atoms with E-state index < -0.39 is 20.8 Å². The lowest BCUT2D eigenvalue weighted by Gasteiger charge is -2.22. The van der Waals surface area contributed by atoms with Crippen molar-refractivity contribution in [3.05, 3.63) is 24.3 Å². The van der Waals surface area contributed by atoms with Crippen LogP contribution >= 0.6 is 0 Å². The average Bonchev–Trinajstić information content (AvgIpc) is 2.32. The molecule has 0 amide bonds. The zero-order valence-electron chi connectivity index (χ0n) is 9.83. The summed E-state index contributed by atoms with van der Waals surface area (Å²) < 4.78 is 38.0. The molecule has 0 atom stereocenters. The summed E-state index contributed by atoms with van der Waals surface area (Å²) in [6.45, 7) is 0. The van der Waals surface area contributed by atoms with Crippen LogP contribution in [0.3, 0.4) is 0 Å². The van der Waals surface area contributed by atoms with Gasteiger partial charge in [-0.05, 0) is 37.1 Å². The summed E-state index contributed by atoms with van der Waals surface area (Å²) in [4.78, 5) is 0.211. The molecule has 0 unspecified atom stereocenters. The summed E-state index contributed by atoms with van der Waals surface area (Å²) in [6.07, 6.45) is 1.25. The van der Waals surface area contributed by atoms with Crippen LogP contribution in [0.15, 0.2) is 29.2 Å². The summed E-state index contributed by atoms with van der Waals surface area (Å²) in [5, 5.41) is 0. The Hall–Kier alpha value is -0.920. The fourth-order valence-electron chi connectivity index (χ4n) is 1.85. The molecule has 1 aliphatic heterocycles. The molecule has 100 valence electrons. The van der Waals surface area contributed by atoms with Gasteiger partial charge in [0.15, 0.2) is 0 Å². The fourth-order valence-corrected chi connectivity index (χ4v) is 4.45. The fraction of sp³-hybridized carbons (Fsp3) is 0.455. The minimum Gasteiger partial charge on any atom is -0.399 e. The van der Waals surface area contributed by atoms with Crippen molar-refractivity contribution >= 4 is 26.5 Å². The maximum Gasteiger partial charge on any atom is 0.240 e. The first-order chi connectivity index (χ1) is 8.47. The van der Waals surface area contributed by atoms with Crippen LogP contribution in [0.25, 0.3) is 0 Å². The van der Waals surface area contributed by atoms with Gasteiger partial charge in [-0.15, -0.1) is 0 Å². The monoisotopic (exact) mass is 288 g/mol. The first-order valence-corrected chi connectivity index (χ1v) is 8.67. The molecule has 2 rings (SSSR count). The van der Waals surface area contributed by atoms with Gasteiger partial charge in [0.25, 0.3) is 0 Å². The molecule has 0 bridgehead atoms. The van der Waals surface area contributed by atoms with E-state index in [4.69, 9.17) is 5.73 Å². The molecule has 1 saturated heterocycles. The van der Waals surface area contributed by atoms with Crippen LogP contribution in [0, 0.1) is 0 Å². The highest BCUT2D eigenvalue weighted by Gasteiger charge is 2.23. The normalized spacial score (nSPS) is 24.9. The standard InChI is InChI=1S/C11H16N2O3S2/c12-9-1-3-11(4-2-9)18(15,16)13-10-5-7-17(14)8-6-10/h1-4,10,13H,5-8,12H2. The van der Waals surface area contributed by atoms with Crippen molar-refractivity contribution in [1.29, 1.82) is 0 Å².